The molecule has 1 aromatic heterocycles. The summed E-state index contributed by atoms with van der Waals surface area (Å²) in [5.74, 6) is 0.0740. The molecule has 0 radical (unpaired) electrons. The van der Waals surface area contributed by atoms with Crippen LogP contribution in [0.3, 0.4) is 0 Å². The van der Waals surface area contributed by atoms with E-state index in [2.05, 4.69) is 4.98 Å². The van der Waals surface area contributed by atoms with E-state index in [1.165, 1.54) is 20.0 Å². The van der Waals surface area contributed by atoms with Crippen LogP contribution >= 0.6 is 0 Å². The number of Topliss-reactive ketones (excluding diaryl/α,β-unsaturated/α-hetero) is 2. The lowest BCUT2D eigenvalue weighted by atomic mass is 10.0. The molecule has 3 rings (SSSR count). The van der Waals surface area contributed by atoms with Gasteiger partial charge in [0.1, 0.15) is 0 Å². The molecule has 1 aliphatic heterocycles. The topological polar surface area (TPSA) is 67.3 Å². The Morgan fingerprint density at radius 2 is 1.90 bits per heavy atom. The molecule has 1 saturated carbocycles. The summed E-state index contributed by atoms with van der Waals surface area (Å²) in [6.07, 6.45) is 3.17. The van der Waals surface area contributed by atoms with Gasteiger partial charge in [0.2, 0.25) is 0 Å². The van der Waals surface area contributed by atoms with Crippen molar-refractivity contribution >= 4 is 17.5 Å². The van der Waals surface area contributed by atoms with Crippen LogP contribution in [0.5, 0.6) is 0 Å². The SMILES string of the molecule is CC(=O)c1cnc(C)cc1C(=O)N1[C@@H](C(C)=O)C[C@H]2C[C@H]21. The fourth-order valence-electron chi connectivity index (χ4n) is 3.27. The molecule has 3 atom stereocenters. The third-order valence-corrected chi connectivity index (χ3v) is 4.46. The van der Waals surface area contributed by atoms with E-state index in [-0.39, 0.29) is 29.6 Å². The zero-order chi connectivity index (χ0) is 15.3. The van der Waals surface area contributed by atoms with Gasteiger partial charge in [-0.25, -0.2) is 0 Å². The molecule has 5 heteroatoms. The van der Waals surface area contributed by atoms with E-state index in [0.29, 0.717) is 22.7 Å². The minimum absolute atomic E-state index is 0.0192. The Hall–Kier alpha value is -2.04. The maximum atomic E-state index is 12.9. The fraction of sp³-hybridized carbons (Fsp3) is 0.500. The Morgan fingerprint density at radius 1 is 1.19 bits per heavy atom. The molecule has 1 aromatic rings. The highest BCUT2D eigenvalue weighted by molar-refractivity contribution is 6.08. The highest BCUT2D eigenvalue weighted by Gasteiger charge is 2.55. The smallest absolute Gasteiger partial charge is 0.255 e. The first-order valence-electron chi connectivity index (χ1n) is 7.21. The minimum Gasteiger partial charge on any atom is -0.325 e. The number of hydrogen-bond donors (Lipinski definition) is 0. The van der Waals surface area contributed by atoms with Crippen molar-refractivity contribution in [2.45, 2.75) is 45.7 Å². The minimum atomic E-state index is -0.338. The molecule has 1 amide bonds. The number of carbonyl (C=O) groups is 3. The van der Waals surface area contributed by atoms with Crippen molar-refractivity contribution in [2.75, 3.05) is 0 Å². The van der Waals surface area contributed by atoms with Crippen LogP contribution in [0, 0.1) is 12.8 Å². The van der Waals surface area contributed by atoms with Crippen LogP contribution in [0.2, 0.25) is 0 Å². The number of likely N-dealkylation sites (tertiary alicyclic amines) is 1. The monoisotopic (exact) mass is 286 g/mol. The highest BCUT2D eigenvalue weighted by atomic mass is 16.2. The molecule has 0 N–H and O–H groups in total. The molecule has 1 saturated heterocycles. The van der Waals surface area contributed by atoms with Crippen LogP contribution in [0.4, 0.5) is 0 Å². The number of piperidine rings is 1. The number of fused-ring (bicyclic) bond motifs is 1. The molecule has 2 aliphatic rings. The van der Waals surface area contributed by atoms with Crippen molar-refractivity contribution < 1.29 is 14.4 Å². The standard InChI is InChI=1S/C16H18N2O3/c1-8-4-12(13(7-17-8)9(2)19)16(21)18-14(10(3)20)5-11-6-15(11)18/h4,7,11,14-15H,5-6H2,1-3H3/t11-,14+,15+/m0/s1. The fourth-order valence-corrected chi connectivity index (χ4v) is 3.27. The van der Waals surface area contributed by atoms with Gasteiger partial charge in [0.25, 0.3) is 5.91 Å². The van der Waals surface area contributed by atoms with E-state index in [4.69, 9.17) is 0 Å². The van der Waals surface area contributed by atoms with Crippen LogP contribution in [0.1, 0.15) is 53.1 Å². The van der Waals surface area contributed by atoms with Gasteiger partial charge in [-0.05, 0) is 45.6 Å². The summed E-state index contributed by atoms with van der Waals surface area (Å²) in [5, 5.41) is 0. The average Bonchev–Trinajstić information content (AvgIpc) is 3.08. The number of carbonyl (C=O) groups excluding carboxylic acids is 3. The molecule has 0 aromatic carbocycles. The van der Waals surface area contributed by atoms with Crippen LogP contribution in [-0.4, -0.2) is 39.4 Å². The second-order valence-corrected chi connectivity index (χ2v) is 6.07. The molecule has 0 unspecified atom stereocenters. The molecule has 2 fully saturated rings. The molecular weight excluding hydrogens is 268 g/mol. The van der Waals surface area contributed by atoms with Crippen LogP contribution in [0.25, 0.3) is 0 Å². The molecular formula is C16H18N2O3. The number of amides is 1. The Bertz CT molecular complexity index is 653. The Morgan fingerprint density at radius 3 is 2.52 bits per heavy atom. The number of ketones is 2. The lowest BCUT2D eigenvalue weighted by molar-refractivity contribution is -0.121. The van der Waals surface area contributed by atoms with Gasteiger partial charge in [-0.3, -0.25) is 19.4 Å². The summed E-state index contributed by atoms with van der Waals surface area (Å²) < 4.78 is 0. The van der Waals surface area contributed by atoms with Crippen LogP contribution in [0.15, 0.2) is 12.3 Å². The molecule has 0 bridgehead atoms. The molecule has 0 spiro atoms. The molecule has 21 heavy (non-hydrogen) atoms. The van der Waals surface area contributed by atoms with Crippen LogP contribution in [-0.2, 0) is 4.79 Å². The maximum absolute atomic E-state index is 12.9. The van der Waals surface area contributed by atoms with E-state index in [0.717, 1.165) is 12.8 Å². The lowest BCUT2D eigenvalue weighted by Crippen LogP contribution is -2.42. The van der Waals surface area contributed by atoms with Gasteiger partial charge in [0.05, 0.1) is 11.6 Å². The Kier molecular flexibility index (Phi) is 3.15. The second-order valence-electron chi connectivity index (χ2n) is 6.07. The molecule has 1 aliphatic carbocycles. The van der Waals surface area contributed by atoms with Gasteiger partial charge < -0.3 is 4.90 Å². The lowest BCUT2D eigenvalue weighted by Gasteiger charge is -2.26. The quantitative estimate of drug-likeness (QED) is 0.794. The number of nitrogens with zero attached hydrogens (tertiary/aromatic N) is 2. The number of aromatic nitrogens is 1. The maximum Gasteiger partial charge on any atom is 0.255 e. The number of hydrogen-bond acceptors (Lipinski definition) is 4. The summed E-state index contributed by atoms with van der Waals surface area (Å²) in [7, 11) is 0. The highest BCUT2D eigenvalue weighted by Crippen LogP contribution is 2.48. The van der Waals surface area contributed by atoms with Gasteiger partial charge in [-0.2, -0.15) is 0 Å². The van der Waals surface area contributed by atoms with Crippen molar-refractivity contribution in [3.05, 3.63) is 29.1 Å². The Balaban J connectivity index is 2.00. The normalized spacial score (nSPS) is 26.4. The predicted molar refractivity (Wildman–Crippen MR) is 76.1 cm³/mol. The van der Waals surface area contributed by atoms with Gasteiger partial charge in [-0.1, -0.05) is 0 Å². The first kappa shape index (κ1) is 13.9. The van der Waals surface area contributed by atoms with Gasteiger partial charge in [-0.15, -0.1) is 0 Å². The zero-order valence-electron chi connectivity index (χ0n) is 12.4. The van der Waals surface area contributed by atoms with Crippen molar-refractivity contribution in [3.63, 3.8) is 0 Å². The largest absolute Gasteiger partial charge is 0.325 e. The van der Waals surface area contributed by atoms with E-state index in [9.17, 15) is 14.4 Å². The van der Waals surface area contributed by atoms with Crippen molar-refractivity contribution in [2.24, 2.45) is 5.92 Å². The van der Waals surface area contributed by atoms with Gasteiger partial charge in [0, 0.05) is 23.5 Å². The predicted octanol–water partition coefficient (Wildman–Crippen LogP) is 1.78. The Labute approximate surface area is 123 Å². The van der Waals surface area contributed by atoms with E-state index < -0.39 is 0 Å². The second kappa shape index (κ2) is 4.76. The van der Waals surface area contributed by atoms with E-state index >= 15 is 0 Å². The first-order valence-corrected chi connectivity index (χ1v) is 7.21. The number of pyridine rings is 1. The first-order chi connectivity index (χ1) is 9.90. The van der Waals surface area contributed by atoms with Crippen molar-refractivity contribution in [1.82, 2.24) is 9.88 Å². The summed E-state index contributed by atoms with van der Waals surface area (Å²) in [6, 6.07) is 1.47. The molecule has 110 valence electrons. The molecule has 2 heterocycles. The third kappa shape index (κ3) is 2.26. The number of aryl methyl sites for hydroxylation is 1. The third-order valence-electron chi connectivity index (χ3n) is 4.46. The molecule has 5 nitrogen and oxygen atoms in total. The zero-order valence-corrected chi connectivity index (χ0v) is 12.4. The van der Waals surface area contributed by atoms with Gasteiger partial charge in [0.15, 0.2) is 11.6 Å². The van der Waals surface area contributed by atoms with Crippen LogP contribution < -0.4 is 0 Å². The van der Waals surface area contributed by atoms with Gasteiger partial charge >= 0.3 is 0 Å². The van der Waals surface area contributed by atoms with E-state index in [1.807, 2.05) is 0 Å². The summed E-state index contributed by atoms with van der Waals surface area (Å²) in [5.41, 5.74) is 1.39. The summed E-state index contributed by atoms with van der Waals surface area (Å²) in [4.78, 5) is 42.2. The average molecular weight is 286 g/mol. The van der Waals surface area contributed by atoms with Crippen molar-refractivity contribution in [3.8, 4) is 0 Å². The van der Waals surface area contributed by atoms with Crippen molar-refractivity contribution in [1.29, 1.82) is 0 Å². The summed E-state index contributed by atoms with van der Waals surface area (Å²) in [6.45, 7) is 4.74. The van der Waals surface area contributed by atoms with E-state index in [1.54, 1.807) is 17.9 Å². The summed E-state index contributed by atoms with van der Waals surface area (Å²) >= 11 is 0. The number of rotatable bonds is 3.